The summed E-state index contributed by atoms with van der Waals surface area (Å²) in [5, 5.41) is 3.56. The van der Waals surface area contributed by atoms with Crippen molar-refractivity contribution in [3.63, 3.8) is 0 Å². The van der Waals surface area contributed by atoms with Crippen molar-refractivity contribution in [2.24, 2.45) is 13.0 Å². The molecule has 3 rings (SSSR count). The molecule has 0 amide bonds. The van der Waals surface area contributed by atoms with E-state index in [1.54, 1.807) is 0 Å². The van der Waals surface area contributed by atoms with Crippen molar-refractivity contribution in [1.29, 1.82) is 0 Å². The molecule has 2 aromatic rings. The van der Waals surface area contributed by atoms with E-state index in [1.807, 2.05) is 31.2 Å². The number of nitrogens with one attached hydrogen (secondary N) is 1. The number of aromatic nitrogens is 2. The number of aryl methyl sites for hydroxylation is 1. The zero-order chi connectivity index (χ0) is 16.1. The van der Waals surface area contributed by atoms with Crippen LogP contribution in [-0.4, -0.2) is 28.5 Å². The summed E-state index contributed by atoms with van der Waals surface area (Å²) in [5.74, 6) is 3.75. The molecule has 5 heteroatoms. The van der Waals surface area contributed by atoms with Crippen molar-refractivity contribution < 1.29 is 4.74 Å². The van der Waals surface area contributed by atoms with Gasteiger partial charge < -0.3 is 14.6 Å². The Balaban J connectivity index is 1.56. The van der Waals surface area contributed by atoms with Crippen LogP contribution in [0.15, 0.2) is 36.7 Å². The van der Waals surface area contributed by atoms with Crippen LogP contribution in [0.3, 0.4) is 0 Å². The Labute approximate surface area is 142 Å². The van der Waals surface area contributed by atoms with Gasteiger partial charge in [0.15, 0.2) is 0 Å². The summed E-state index contributed by atoms with van der Waals surface area (Å²) in [6, 6.07) is 8.78. The van der Waals surface area contributed by atoms with Gasteiger partial charge in [-0.2, -0.15) is 11.8 Å². The Morgan fingerprint density at radius 2 is 2.17 bits per heavy atom. The van der Waals surface area contributed by atoms with E-state index in [0.29, 0.717) is 5.92 Å². The molecule has 0 saturated carbocycles. The summed E-state index contributed by atoms with van der Waals surface area (Å²) in [4.78, 5) is 4.45. The molecule has 4 nitrogen and oxygen atoms in total. The molecule has 1 aliphatic rings. The quantitative estimate of drug-likeness (QED) is 0.836. The molecule has 0 bridgehead atoms. The van der Waals surface area contributed by atoms with Crippen LogP contribution in [0.4, 0.5) is 5.69 Å². The third-order valence-corrected chi connectivity index (χ3v) is 5.27. The van der Waals surface area contributed by atoms with Crippen LogP contribution >= 0.6 is 11.8 Å². The first kappa shape index (κ1) is 16.4. The van der Waals surface area contributed by atoms with Crippen molar-refractivity contribution in [2.75, 3.05) is 24.2 Å². The number of rotatable bonds is 7. The van der Waals surface area contributed by atoms with Gasteiger partial charge in [0.1, 0.15) is 11.9 Å². The second kappa shape index (κ2) is 7.88. The standard InChI is InChI=1S/C18H25N3OS/c1-3-23-13-14-4-6-16(7-5-14)20-12-15-8-11-22-17(15)18-19-9-10-21(18)2/h4-7,9-10,15,17,20H,3,8,11-13H2,1-2H3/t15-,17+/m0/s1. The fourth-order valence-corrected chi connectivity index (χ4v) is 3.60. The number of ether oxygens (including phenoxy) is 1. The SMILES string of the molecule is CCSCc1ccc(NC[C@@H]2CCO[C@H]2c2nccn2C)cc1. The number of thioether (sulfide) groups is 1. The summed E-state index contributed by atoms with van der Waals surface area (Å²) >= 11 is 1.95. The molecule has 1 fully saturated rings. The minimum absolute atomic E-state index is 0.0997. The number of imidazole rings is 1. The smallest absolute Gasteiger partial charge is 0.138 e. The number of hydrogen-bond acceptors (Lipinski definition) is 4. The lowest BCUT2D eigenvalue weighted by molar-refractivity contribution is 0.0839. The minimum Gasteiger partial charge on any atom is -0.385 e. The van der Waals surface area contributed by atoms with Crippen LogP contribution in [-0.2, 0) is 17.5 Å². The van der Waals surface area contributed by atoms with Crippen LogP contribution in [0, 0.1) is 5.92 Å². The highest BCUT2D eigenvalue weighted by molar-refractivity contribution is 7.98. The number of anilines is 1. The van der Waals surface area contributed by atoms with E-state index in [2.05, 4.69) is 46.1 Å². The Morgan fingerprint density at radius 3 is 2.87 bits per heavy atom. The molecule has 23 heavy (non-hydrogen) atoms. The predicted octanol–water partition coefficient (Wildman–Crippen LogP) is 3.86. The second-order valence-corrected chi connectivity index (χ2v) is 7.23. The molecule has 1 aliphatic heterocycles. The zero-order valence-corrected chi connectivity index (χ0v) is 14.7. The average molecular weight is 331 g/mol. The fourth-order valence-electron chi connectivity index (χ4n) is 2.97. The fraction of sp³-hybridized carbons (Fsp3) is 0.500. The highest BCUT2D eigenvalue weighted by Gasteiger charge is 2.32. The minimum atomic E-state index is 0.0997. The monoisotopic (exact) mass is 331 g/mol. The maximum atomic E-state index is 5.92. The van der Waals surface area contributed by atoms with Crippen LogP contribution in [0.25, 0.3) is 0 Å². The number of nitrogens with zero attached hydrogens (tertiary/aromatic N) is 2. The molecule has 0 radical (unpaired) electrons. The summed E-state index contributed by atoms with van der Waals surface area (Å²) < 4.78 is 7.98. The third-order valence-electron chi connectivity index (χ3n) is 4.32. The molecule has 2 atom stereocenters. The van der Waals surface area contributed by atoms with Gasteiger partial charge in [-0.05, 0) is 29.9 Å². The van der Waals surface area contributed by atoms with E-state index in [0.717, 1.165) is 36.9 Å². The second-order valence-electron chi connectivity index (χ2n) is 5.95. The molecule has 1 N–H and O–H groups in total. The highest BCUT2D eigenvalue weighted by Crippen LogP contribution is 2.33. The predicted molar refractivity (Wildman–Crippen MR) is 96.8 cm³/mol. The first-order valence-electron chi connectivity index (χ1n) is 8.27. The molecule has 0 unspecified atom stereocenters. The van der Waals surface area contributed by atoms with Gasteiger partial charge in [0.05, 0.1) is 0 Å². The largest absolute Gasteiger partial charge is 0.385 e. The van der Waals surface area contributed by atoms with Gasteiger partial charge in [-0.15, -0.1) is 0 Å². The van der Waals surface area contributed by atoms with E-state index >= 15 is 0 Å². The summed E-state index contributed by atoms with van der Waals surface area (Å²) in [7, 11) is 2.03. The van der Waals surface area contributed by atoms with Gasteiger partial charge in [-0.3, -0.25) is 0 Å². The topological polar surface area (TPSA) is 39.1 Å². The van der Waals surface area contributed by atoms with Gasteiger partial charge >= 0.3 is 0 Å². The molecule has 124 valence electrons. The molecular formula is C18H25N3OS. The average Bonchev–Trinajstić information content (AvgIpc) is 3.20. The van der Waals surface area contributed by atoms with E-state index < -0.39 is 0 Å². The van der Waals surface area contributed by atoms with Gasteiger partial charge in [0, 0.05) is 50.0 Å². The Hall–Kier alpha value is -1.46. The van der Waals surface area contributed by atoms with Crippen LogP contribution in [0.2, 0.25) is 0 Å². The van der Waals surface area contributed by atoms with Crippen molar-refractivity contribution in [3.8, 4) is 0 Å². The Morgan fingerprint density at radius 1 is 1.35 bits per heavy atom. The Kier molecular flexibility index (Phi) is 5.62. The van der Waals surface area contributed by atoms with Gasteiger partial charge in [-0.1, -0.05) is 19.1 Å². The van der Waals surface area contributed by atoms with Crippen molar-refractivity contribution in [1.82, 2.24) is 9.55 Å². The zero-order valence-electron chi connectivity index (χ0n) is 13.9. The first-order valence-corrected chi connectivity index (χ1v) is 9.42. The highest BCUT2D eigenvalue weighted by atomic mass is 32.2. The molecule has 0 spiro atoms. The van der Waals surface area contributed by atoms with Gasteiger partial charge in [-0.25, -0.2) is 4.98 Å². The van der Waals surface area contributed by atoms with E-state index in [4.69, 9.17) is 4.74 Å². The summed E-state index contributed by atoms with van der Waals surface area (Å²) in [5.41, 5.74) is 2.57. The first-order chi connectivity index (χ1) is 11.3. The molecule has 1 saturated heterocycles. The maximum Gasteiger partial charge on any atom is 0.138 e. The van der Waals surface area contributed by atoms with Crippen molar-refractivity contribution in [2.45, 2.75) is 25.2 Å². The number of hydrogen-bond donors (Lipinski definition) is 1. The lowest BCUT2D eigenvalue weighted by atomic mass is 10.0. The molecule has 0 aliphatic carbocycles. The van der Waals surface area contributed by atoms with Gasteiger partial charge in [0.25, 0.3) is 0 Å². The molecule has 2 heterocycles. The molecule has 1 aromatic heterocycles. The Bertz CT molecular complexity index is 611. The van der Waals surface area contributed by atoms with Crippen LogP contribution in [0.5, 0.6) is 0 Å². The van der Waals surface area contributed by atoms with E-state index in [9.17, 15) is 0 Å². The summed E-state index contributed by atoms with van der Waals surface area (Å²) in [6.45, 7) is 3.93. The van der Waals surface area contributed by atoms with Crippen LogP contribution in [0.1, 0.15) is 30.8 Å². The number of benzene rings is 1. The van der Waals surface area contributed by atoms with Crippen molar-refractivity contribution >= 4 is 17.4 Å². The van der Waals surface area contributed by atoms with Gasteiger partial charge in [0.2, 0.25) is 0 Å². The normalized spacial score (nSPS) is 20.8. The summed E-state index contributed by atoms with van der Waals surface area (Å²) in [6.07, 6.45) is 5.00. The molecule has 1 aromatic carbocycles. The van der Waals surface area contributed by atoms with E-state index in [1.165, 1.54) is 11.3 Å². The lowest BCUT2D eigenvalue weighted by Gasteiger charge is -2.19. The molecular weight excluding hydrogens is 306 g/mol. The van der Waals surface area contributed by atoms with E-state index in [-0.39, 0.29) is 6.10 Å². The third kappa shape index (κ3) is 4.09. The maximum absolute atomic E-state index is 5.92. The lowest BCUT2D eigenvalue weighted by Crippen LogP contribution is -2.20. The van der Waals surface area contributed by atoms with Crippen LogP contribution < -0.4 is 5.32 Å². The van der Waals surface area contributed by atoms with Crippen molar-refractivity contribution in [3.05, 3.63) is 48.0 Å².